The van der Waals surface area contributed by atoms with Crippen LogP contribution in [0, 0.1) is 11.7 Å². The van der Waals surface area contributed by atoms with E-state index in [-0.39, 0.29) is 11.7 Å². The highest BCUT2D eigenvalue weighted by Crippen LogP contribution is 2.24. The minimum absolute atomic E-state index is 0.196. The number of anilines is 1. The standard InChI is InChI=1S/C13H18ClFN2O2S/c1-16(13-6-4-12(15)5-7-13)20(18,19)17-8-2-3-11(9-14)10-17/h4-7,11H,2-3,8-10H2,1H3. The van der Waals surface area contributed by atoms with Gasteiger partial charge in [0.05, 0.1) is 5.69 Å². The van der Waals surface area contributed by atoms with Gasteiger partial charge in [-0.3, -0.25) is 4.31 Å². The first kappa shape index (κ1) is 15.5. The molecule has 0 aromatic heterocycles. The molecule has 7 heteroatoms. The summed E-state index contributed by atoms with van der Waals surface area (Å²) in [7, 11) is -2.11. The van der Waals surface area contributed by atoms with E-state index in [0.29, 0.717) is 24.7 Å². The minimum Gasteiger partial charge on any atom is -0.261 e. The van der Waals surface area contributed by atoms with Gasteiger partial charge in [0.15, 0.2) is 0 Å². The van der Waals surface area contributed by atoms with Crippen LogP contribution in [0.2, 0.25) is 0 Å². The van der Waals surface area contributed by atoms with Crippen molar-refractivity contribution in [2.75, 3.05) is 30.3 Å². The average molecular weight is 321 g/mol. The quantitative estimate of drug-likeness (QED) is 0.800. The predicted octanol–water partition coefficient (Wildman–Crippen LogP) is 2.46. The molecule has 1 atom stereocenters. The van der Waals surface area contributed by atoms with Crippen LogP contribution in [0.1, 0.15) is 12.8 Å². The van der Waals surface area contributed by atoms with Crippen LogP contribution >= 0.6 is 11.6 Å². The van der Waals surface area contributed by atoms with Gasteiger partial charge in [-0.2, -0.15) is 12.7 Å². The monoisotopic (exact) mass is 320 g/mol. The van der Waals surface area contributed by atoms with Crippen molar-refractivity contribution < 1.29 is 12.8 Å². The maximum atomic E-state index is 12.9. The molecule has 1 unspecified atom stereocenters. The zero-order valence-electron chi connectivity index (χ0n) is 11.3. The summed E-state index contributed by atoms with van der Waals surface area (Å²) >= 11 is 5.83. The van der Waals surface area contributed by atoms with Gasteiger partial charge in [-0.05, 0) is 43.0 Å². The maximum absolute atomic E-state index is 12.9. The first-order valence-corrected chi connectivity index (χ1v) is 8.44. The lowest BCUT2D eigenvalue weighted by atomic mass is 10.0. The zero-order chi connectivity index (χ0) is 14.8. The Balaban J connectivity index is 2.18. The number of hydrogen-bond donors (Lipinski definition) is 0. The fraction of sp³-hybridized carbons (Fsp3) is 0.538. The van der Waals surface area contributed by atoms with Crippen LogP contribution in [0.3, 0.4) is 0 Å². The second-order valence-electron chi connectivity index (χ2n) is 4.97. The lowest BCUT2D eigenvalue weighted by molar-refractivity contribution is 0.283. The normalized spacial score (nSPS) is 20.9. The number of alkyl halides is 1. The third-order valence-corrected chi connectivity index (χ3v) is 5.89. The van der Waals surface area contributed by atoms with Crippen LogP contribution in [0.4, 0.5) is 10.1 Å². The molecule has 1 aliphatic heterocycles. The number of piperidine rings is 1. The van der Waals surface area contributed by atoms with Crippen molar-refractivity contribution in [3.05, 3.63) is 30.1 Å². The van der Waals surface area contributed by atoms with Crippen LogP contribution in [0.5, 0.6) is 0 Å². The Morgan fingerprint density at radius 1 is 1.40 bits per heavy atom. The molecule has 0 amide bonds. The highest BCUT2D eigenvalue weighted by Gasteiger charge is 2.31. The van der Waals surface area contributed by atoms with Gasteiger partial charge < -0.3 is 0 Å². The molecule has 1 saturated heterocycles. The van der Waals surface area contributed by atoms with Crippen molar-refractivity contribution >= 4 is 27.5 Å². The van der Waals surface area contributed by atoms with E-state index < -0.39 is 10.2 Å². The highest BCUT2D eigenvalue weighted by atomic mass is 35.5. The lowest BCUT2D eigenvalue weighted by Crippen LogP contribution is -2.47. The minimum atomic E-state index is -3.59. The zero-order valence-corrected chi connectivity index (χ0v) is 12.9. The summed E-state index contributed by atoms with van der Waals surface area (Å²) in [6, 6.07) is 5.41. The maximum Gasteiger partial charge on any atom is 0.303 e. The molecule has 4 nitrogen and oxygen atoms in total. The second-order valence-corrected chi connectivity index (χ2v) is 7.24. The molecule has 1 aromatic rings. The van der Waals surface area contributed by atoms with Crippen molar-refractivity contribution in [1.29, 1.82) is 0 Å². The molecule has 1 fully saturated rings. The summed E-state index contributed by atoms with van der Waals surface area (Å²) in [6.45, 7) is 0.943. The molecule has 0 saturated carbocycles. The molecule has 0 bridgehead atoms. The smallest absolute Gasteiger partial charge is 0.261 e. The van der Waals surface area contributed by atoms with Gasteiger partial charge in [0.2, 0.25) is 0 Å². The molecule has 0 N–H and O–H groups in total. The summed E-state index contributed by atoms with van der Waals surface area (Å²) in [4.78, 5) is 0. The molecule has 1 heterocycles. The van der Waals surface area contributed by atoms with Crippen molar-refractivity contribution in [3.63, 3.8) is 0 Å². The third-order valence-electron chi connectivity index (χ3n) is 3.56. The van der Waals surface area contributed by atoms with Crippen LogP contribution in [0.15, 0.2) is 24.3 Å². The number of benzene rings is 1. The highest BCUT2D eigenvalue weighted by molar-refractivity contribution is 7.90. The Kier molecular flexibility index (Phi) is 4.88. The van der Waals surface area contributed by atoms with Crippen molar-refractivity contribution in [2.45, 2.75) is 12.8 Å². The molecular weight excluding hydrogens is 303 g/mol. The van der Waals surface area contributed by atoms with Gasteiger partial charge in [0.1, 0.15) is 5.82 Å². The van der Waals surface area contributed by atoms with E-state index in [9.17, 15) is 12.8 Å². The van der Waals surface area contributed by atoms with Gasteiger partial charge in [-0.25, -0.2) is 4.39 Å². The molecular formula is C13H18ClFN2O2S. The van der Waals surface area contributed by atoms with Crippen molar-refractivity contribution in [1.82, 2.24) is 4.31 Å². The lowest BCUT2D eigenvalue weighted by Gasteiger charge is -2.34. The van der Waals surface area contributed by atoms with Crippen LogP contribution in [0.25, 0.3) is 0 Å². The van der Waals surface area contributed by atoms with Gasteiger partial charge >= 0.3 is 10.2 Å². The van der Waals surface area contributed by atoms with Gasteiger partial charge in [-0.15, -0.1) is 11.6 Å². The summed E-state index contributed by atoms with van der Waals surface area (Å²) in [5, 5.41) is 0. The number of nitrogens with zero attached hydrogens (tertiary/aromatic N) is 2. The molecule has 1 aromatic carbocycles. The Bertz CT molecular complexity index is 550. The fourth-order valence-corrected chi connectivity index (χ4v) is 4.07. The Morgan fingerprint density at radius 3 is 2.65 bits per heavy atom. The van der Waals surface area contributed by atoms with E-state index in [1.54, 1.807) is 0 Å². The SMILES string of the molecule is CN(c1ccc(F)cc1)S(=O)(=O)N1CCCC(CCl)C1. The van der Waals surface area contributed by atoms with Crippen molar-refractivity contribution in [2.24, 2.45) is 5.92 Å². The van der Waals surface area contributed by atoms with E-state index in [4.69, 9.17) is 11.6 Å². The first-order valence-electron chi connectivity index (χ1n) is 6.50. The van der Waals surface area contributed by atoms with E-state index >= 15 is 0 Å². The predicted molar refractivity (Wildman–Crippen MR) is 78.7 cm³/mol. The van der Waals surface area contributed by atoms with Crippen molar-refractivity contribution in [3.8, 4) is 0 Å². The summed E-state index contributed by atoms with van der Waals surface area (Å²) in [5.74, 6) is 0.272. The Labute approximate surface area is 124 Å². The van der Waals surface area contributed by atoms with Gasteiger partial charge in [-0.1, -0.05) is 0 Å². The molecule has 0 spiro atoms. The topological polar surface area (TPSA) is 40.6 Å². The molecule has 112 valence electrons. The van der Waals surface area contributed by atoms with Gasteiger partial charge in [0, 0.05) is 26.0 Å². The Hall–Kier alpha value is -0.850. The molecule has 2 rings (SSSR count). The van der Waals surface area contributed by atoms with E-state index in [1.165, 1.54) is 39.9 Å². The average Bonchev–Trinajstić information content (AvgIpc) is 2.47. The first-order chi connectivity index (χ1) is 9.45. The van der Waals surface area contributed by atoms with Crippen LogP contribution < -0.4 is 4.31 Å². The number of halogens is 2. The number of rotatable bonds is 4. The summed E-state index contributed by atoms with van der Waals surface area (Å²) < 4.78 is 40.6. The Morgan fingerprint density at radius 2 is 2.05 bits per heavy atom. The largest absolute Gasteiger partial charge is 0.303 e. The molecule has 0 radical (unpaired) electrons. The summed E-state index contributed by atoms with van der Waals surface area (Å²) in [6.07, 6.45) is 1.77. The van der Waals surface area contributed by atoms with Gasteiger partial charge in [0.25, 0.3) is 0 Å². The summed E-state index contributed by atoms with van der Waals surface area (Å²) in [5.41, 5.74) is 0.444. The third kappa shape index (κ3) is 3.24. The van der Waals surface area contributed by atoms with E-state index in [0.717, 1.165) is 12.8 Å². The molecule has 0 aliphatic carbocycles. The molecule has 20 heavy (non-hydrogen) atoms. The van der Waals surface area contributed by atoms with E-state index in [1.807, 2.05) is 0 Å². The number of hydrogen-bond acceptors (Lipinski definition) is 2. The van der Waals surface area contributed by atoms with Crippen LogP contribution in [-0.4, -0.2) is 38.7 Å². The molecule has 1 aliphatic rings. The van der Waals surface area contributed by atoms with E-state index in [2.05, 4.69) is 0 Å². The fourth-order valence-electron chi connectivity index (χ4n) is 2.32. The van der Waals surface area contributed by atoms with Crippen LogP contribution in [-0.2, 0) is 10.2 Å². The second kappa shape index (κ2) is 6.28.